The number of nitrogens with zero attached hydrogens (tertiary/aromatic N) is 3. The number of hydrogen-bond donors (Lipinski definition) is 2. The van der Waals surface area contributed by atoms with Crippen molar-refractivity contribution in [3.8, 4) is 28.7 Å². The number of pyridine rings is 1. The summed E-state index contributed by atoms with van der Waals surface area (Å²) in [4.78, 5) is 8.77. The summed E-state index contributed by atoms with van der Waals surface area (Å²) < 4.78 is 0.829. The molecule has 23 heavy (non-hydrogen) atoms. The minimum atomic E-state index is -0.0222. The predicted molar refractivity (Wildman–Crippen MR) is 93.1 cm³/mol. The van der Waals surface area contributed by atoms with Gasteiger partial charge in [0.05, 0.1) is 5.56 Å². The third kappa shape index (κ3) is 3.12. The normalized spacial score (nSPS) is 11.7. The Morgan fingerprint density at radius 3 is 2.65 bits per heavy atom. The van der Waals surface area contributed by atoms with E-state index in [2.05, 4.69) is 56.9 Å². The molecular weight excluding hydrogens is 356 g/mol. The molecule has 0 radical (unpaired) electrons. The van der Waals surface area contributed by atoms with E-state index in [0.717, 1.165) is 10.0 Å². The first-order chi connectivity index (χ1) is 10.9. The standard InChI is InChI=1S/C17H17BrN4O/c1-17(2,3)10-6-7-13(23)11(9-10)15-20-16(22-21-15)14-12(18)5-4-8-19-14/h4-9,23H,1-3H3,(H,20,21,22). The van der Waals surface area contributed by atoms with E-state index in [0.29, 0.717) is 22.9 Å². The van der Waals surface area contributed by atoms with Crippen LogP contribution in [0, 0.1) is 0 Å². The summed E-state index contributed by atoms with van der Waals surface area (Å²) in [7, 11) is 0. The quantitative estimate of drug-likeness (QED) is 0.702. The van der Waals surface area contributed by atoms with Crippen LogP contribution in [0.3, 0.4) is 0 Å². The van der Waals surface area contributed by atoms with Crippen LogP contribution in [0.4, 0.5) is 0 Å². The van der Waals surface area contributed by atoms with Crippen molar-refractivity contribution >= 4 is 15.9 Å². The summed E-state index contributed by atoms with van der Waals surface area (Å²) in [6.45, 7) is 6.37. The van der Waals surface area contributed by atoms with Crippen LogP contribution in [0.25, 0.3) is 22.9 Å². The molecule has 3 rings (SSSR count). The number of aromatic nitrogens is 4. The summed E-state index contributed by atoms with van der Waals surface area (Å²) in [6, 6.07) is 9.26. The zero-order valence-corrected chi connectivity index (χ0v) is 14.7. The second-order valence-electron chi connectivity index (χ2n) is 6.32. The maximum Gasteiger partial charge on any atom is 0.185 e. The van der Waals surface area contributed by atoms with Gasteiger partial charge in [-0.15, -0.1) is 0 Å². The number of halogens is 1. The lowest BCUT2D eigenvalue weighted by atomic mass is 9.86. The lowest BCUT2D eigenvalue weighted by Gasteiger charge is -2.19. The monoisotopic (exact) mass is 372 g/mol. The fourth-order valence-corrected chi connectivity index (χ4v) is 2.67. The molecule has 5 nitrogen and oxygen atoms in total. The molecule has 1 aromatic carbocycles. The van der Waals surface area contributed by atoms with Gasteiger partial charge in [-0.05, 0) is 51.2 Å². The Bertz CT molecular complexity index is 852. The first kappa shape index (κ1) is 15.7. The van der Waals surface area contributed by atoms with Gasteiger partial charge >= 0.3 is 0 Å². The highest BCUT2D eigenvalue weighted by Gasteiger charge is 2.19. The number of nitrogens with one attached hydrogen (secondary N) is 1. The molecule has 0 bridgehead atoms. The van der Waals surface area contributed by atoms with Crippen LogP contribution in [0.2, 0.25) is 0 Å². The lowest BCUT2D eigenvalue weighted by Crippen LogP contribution is -2.10. The molecule has 0 fully saturated rings. The number of aromatic hydroxyl groups is 1. The topological polar surface area (TPSA) is 74.7 Å². The van der Waals surface area contributed by atoms with Crippen molar-refractivity contribution in [2.45, 2.75) is 26.2 Å². The maximum absolute atomic E-state index is 10.2. The van der Waals surface area contributed by atoms with Crippen molar-refractivity contribution < 1.29 is 5.11 Å². The van der Waals surface area contributed by atoms with E-state index in [1.54, 1.807) is 12.3 Å². The fourth-order valence-electron chi connectivity index (χ4n) is 2.23. The molecule has 2 N–H and O–H groups in total. The van der Waals surface area contributed by atoms with Crippen LogP contribution in [0.1, 0.15) is 26.3 Å². The molecule has 0 amide bonds. The third-order valence-corrected chi connectivity index (χ3v) is 4.21. The average molecular weight is 373 g/mol. The first-order valence-corrected chi connectivity index (χ1v) is 8.03. The number of benzene rings is 1. The number of H-pyrrole nitrogens is 1. The molecule has 3 aromatic rings. The number of aromatic amines is 1. The van der Waals surface area contributed by atoms with Gasteiger partial charge in [-0.2, -0.15) is 5.10 Å². The summed E-state index contributed by atoms with van der Waals surface area (Å²) in [5, 5.41) is 17.3. The van der Waals surface area contributed by atoms with Gasteiger partial charge in [0, 0.05) is 10.7 Å². The minimum absolute atomic E-state index is 0.0222. The highest BCUT2D eigenvalue weighted by molar-refractivity contribution is 9.10. The van der Waals surface area contributed by atoms with Crippen LogP contribution in [-0.4, -0.2) is 25.3 Å². The molecule has 2 heterocycles. The van der Waals surface area contributed by atoms with Crippen molar-refractivity contribution in [2.24, 2.45) is 0 Å². The van der Waals surface area contributed by atoms with Crippen LogP contribution >= 0.6 is 15.9 Å². The molecule has 0 unspecified atom stereocenters. The molecule has 0 aliphatic heterocycles. The highest BCUT2D eigenvalue weighted by atomic mass is 79.9. The van der Waals surface area contributed by atoms with E-state index in [4.69, 9.17) is 0 Å². The fraction of sp³-hybridized carbons (Fsp3) is 0.235. The van der Waals surface area contributed by atoms with Gasteiger partial charge in [-0.3, -0.25) is 10.1 Å². The Hall–Kier alpha value is -2.21. The molecule has 2 aromatic heterocycles. The SMILES string of the molecule is CC(C)(C)c1ccc(O)c(-c2n[nH]c(-c3ncccc3Br)n2)c1. The van der Waals surface area contributed by atoms with Gasteiger partial charge in [-0.25, -0.2) is 4.98 Å². The second kappa shape index (κ2) is 5.77. The molecule has 6 heteroatoms. The predicted octanol–water partition coefficient (Wildman–Crippen LogP) is 4.30. The summed E-state index contributed by atoms with van der Waals surface area (Å²) in [6.07, 6.45) is 1.69. The van der Waals surface area contributed by atoms with Crippen molar-refractivity contribution in [1.29, 1.82) is 0 Å². The lowest BCUT2D eigenvalue weighted by molar-refractivity contribution is 0.475. The van der Waals surface area contributed by atoms with Crippen molar-refractivity contribution in [1.82, 2.24) is 20.2 Å². The van der Waals surface area contributed by atoms with Gasteiger partial charge in [0.2, 0.25) is 0 Å². The molecule has 118 valence electrons. The van der Waals surface area contributed by atoms with Gasteiger partial charge < -0.3 is 5.11 Å². The molecule has 0 saturated heterocycles. The smallest absolute Gasteiger partial charge is 0.185 e. The Labute approximate surface area is 143 Å². The molecule has 0 saturated carbocycles. The van der Waals surface area contributed by atoms with Crippen molar-refractivity contribution in [3.63, 3.8) is 0 Å². The number of hydrogen-bond acceptors (Lipinski definition) is 4. The minimum Gasteiger partial charge on any atom is -0.507 e. The van der Waals surface area contributed by atoms with Crippen LogP contribution in [-0.2, 0) is 5.41 Å². The summed E-state index contributed by atoms with van der Waals surface area (Å²) in [5.74, 6) is 1.15. The average Bonchev–Trinajstić information content (AvgIpc) is 2.96. The Balaban J connectivity index is 2.06. The molecule has 0 atom stereocenters. The van der Waals surface area contributed by atoms with E-state index in [1.807, 2.05) is 24.3 Å². The van der Waals surface area contributed by atoms with Gasteiger partial charge in [0.25, 0.3) is 0 Å². The van der Waals surface area contributed by atoms with E-state index >= 15 is 0 Å². The van der Waals surface area contributed by atoms with Crippen LogP contribution < -0.4 is 0 Å². The Morgan fingerprint density at radius 1 is 1.17 bits per heavy atom. The van der Waals surface area contributed by atoms with E-state index < -0.39 is 0 Å². The zero-order chi connectivity index (χ0) is 16.6. The first-order valence-electron chi connectivity index (χ1n) is 7.23. The summed E-state index contributed by atoms with van der Waals surface area (Å²) >= 11 is 3.45. The number of phenols is 1. The van der Waals surface area contributed by atoms with Crippen molar-refractivity contribution in [2.75, 3.05) is 0 Å². The maximum atomic E-state index is 10.2. The largest absolute Gasteiger partial charge is 0.507 e. The highest BCUT2D eigenvalue weighted by Crippen LogP contribution is 2.33. The van der Waals surface area contributed by atoms with Crippen molar-refractivity contribution in [3.05, 3.63) is 46.6 Å². The second-order valence-corrected chi connectivity index (χ2v) is 7.18. The summed E-state index contributed by atoms with van der Waals surface area (Å²) in [5.41, 5.74) is 2.37. The molecule has 0 aliphatic rings. The van der Waals surface area contributed by atoms with Gasteiger partial charge in [0.15, 0.2) is 11.6 Å². The number of rotatable bonds is 2. The van der Waals surface area contributed by atoms with E-state index in [1.165, 1.54) is 0 Å². The van der Waals surface area contributed by atoms with Crippen LogP contribution in [0.5, 0.6) is 5.75 Å². The van der Waals surface area contributed by atoms with E-state index in [-0.39, 0.29) is 11.2 Å². The number of phenolic OH excluding ortho intramolecular Hbond substituents is 1. The van der Waals surface area contributed by atoms with E-state index in [9.17, 15) is 5.11 Å². The van der Waals surface area contributed by atoms with Crippen LogP contribution in [0.15, 0.2) is 41.0 Å². The Morgan fingerprint density at radius 2 is 1.96 bits per heavy atom. The van der Waals surface area contributed by atoms with Gasteiger partial charge in [-0.1, -0.05) is 26.8 Å². The third-order valence-electron chi connectivity index (χ3n) is 3.57. The van der Waals surface area contributed by atoms with Gasteiger partial charge in [0.1, 0.15) is 11.4 Å². The molecule has 0 aliphatic carbocycles. The zero-order valence-electron chi connectivity index (χ0n) is 13.1. The molecule has 0 spiro atoms. The molecular formula is C17H17BrN4O. The Kier molecular flexibility index (Phi) is 3.93.